The van der Waals surface area contributed by atoms with Crippen LogP contribution in [0.15, 0.2) is 6.07 Å². The first-order valence-electron chi connectivity index (χ1n) is 10.1. The van der Waals surface area contributed by atoms with Gasteiger partial charge in [0.25, 0.3) is 0 Å². The number of aryl methyl sites for hydroxylation is 2. The monoisotopic (exact) mass is 359 g/mol. The molecule has 0 radical (unpaired) electrons. The molecule has 1 aromatic heterocycles. The average molecular weight is 360 g/mol. The third-order valence-corrected chi connectivity index (χ3v) is 6.09. The lowest BCUT2D eigenvalue weighted by molar-refractivity contribution is -0.130. The second-order valence-corrected chi connectivity index (χ2v) is 7.81. The molecule has 3 heterocycles. The summed E-state index contributed by atoms with van der Waals surface area (Å²) in [7, 11) is 2.22. The van der Waals surface area contributed by atoms with E-state index < -0.39 is 0 Å². The van der Waals surface area contributed by atoms with Crippen molar-refractivity contribution in [2.75, 3.05) is 44.7 Å². The largest absolute Gasteiger partial charge is 0.353 e. The van der Waals surface area contributed by atoms with E-state index in [2.05, 4.69) is 41.7 Å². The number of hydrogen-bond acceptors (Lipinski definition) is 5. The molecule has 0 N–H and O–H groups in total. The van der Waals surface area contributed by atoms with E-state index in [0.29, 0.717) is 12.3 Å². The van der Waals surface area contributed by atoms with Crippen LogP contribution >= 0.6 is 0 Å². The molecule has 144 valence electrons. The van der Waals surface area contributed by atoms with Gasteiger partial charge in [0.05, 0.1) is 0 Å². The van der Waals surface area contributed by atoms with Crippen LogP contribution in [0.3, 0.4) is 0 Å². The molecule has 3 rings (SSSR count). The maximum absolute atomic E-state index is 12.4. The van der Waals surface area contributed by atoms with Crippen LogP contribution < -0.4 is 4.90 Å². The van der Waals surface area contributed by atoms with Crippen LogP contribution in [-0.4, -0.2) is 71.0 Å². The predicted octanol–water partition coefficient (Wildman–Crippen LogP) is 2.26. The summed E-state index contributed by atoms with van der Waals surface area (Å²) >= 11 is 0. The number of carbonyl (C=O) groups is 1. The maximum Gasteiger partial charge on any atom is 0.222 e. The number of carbonyl (C=O) groups excluding carboxylic acids is 1. The summed E-state index contributed by atoms with van der Waals surface area (Å²) in [5.74, 6) is 2.21. The zero-order valence-corrected chi connectivity index (χ0v) is 16.8. The highest BCUT2D eigenvalue weighted by atomic mass is 16.2. The Labute approximate surface area is 157 Å². The number of hydrogen-bond donors (Lipinski definition) is 0. The number of rotatable bonds is 4. The molecular formula is C20H33N5O. The van der Waals surface area contributed by atoms with E-state index in [0.717, 1.165) is 75.7 Å². The summed E-state index contributed by atoms with van der Waals surface area (Å²) in [4.78, 5) is 28.6. The molecule has 2 fully saturated rings. The van der Waals surface area contributed by atoms with Gasteiger partial charge < -0.3 is 9.80 Å². The Morgan fingerprint density at radius 3 is 2.69 bits per heavy atom. The first-order chi connectivity index (χ1) is 12.5. The third-order valence-electron chi connectivity index (χ3n) is 6.09. The highest BCUT2D eigenvalue weighted by molar-refractivity contribution is 5.76. The summed E-state index contributed by atoms with van der Waals surface area (Å²) in [6.07, 6.45) is 4.70. The minimum Gasteiger partial charge on any atom is -0.353 e. The molecule has 6 nitrogen and oxygen atoms in total. The fraction of sp³-hybridized carbons (Fsp3) is 0.750. The van der Waals surface area contributed by atoms with Gasteiger partial charge in [-0.25, -0.2) is 9.97 Å². The number of anilines is 1. The van der Waals surface area contributed by atoms with Crippen molar-refractivity contribution in [3.63, 3.8) is 0 Å². The van der Waals surface area contributed by atoms with Gasteiger partial charge in [0, 0.05) is 56.4 Å². The Morgan fingerprint density at radius 1 is 1.15 bits per heavy atom. The normalized spacial score (nSPS) is 25.0. The zero-order chi connectivity index (χ0) is 18.7. The lowest BCUT2D eigenvalue weighted by atomic mass is 9.86. The molecule has 1 amide bonds. The van der Waals surface area contributed by atoms with Crippen molar-refractivity contribution in [2.45, 2.75) is 58.4 Å². The van der Waals surface area contributed by atoms with Crippen LogP contribution in [0.5, 0.6) is 0 Å². The fourth-order valence-corrected chi connectivity index (χ4v) is 4.38. The molecule has 0 aliphatic carbocycles. The summed E-state index contributed by atoms with van der Waals surface area (Å²) in [5.41, 5.74) is 1.19. The van der Waals surface area contributed by atoms with Crippen molar-refractivity contribution in [3.05, 3.63) is 17.6 Å². The van der Waals surface area contributed by atoms with Crippen LogP contribution in [0.2, 0.25) is 0 Å². The van der Waals surface area contributed by atoms with Crippen molar-refractivity contribution >= 4 is 11.7 Å². The molecule has 26 heavy (non-hydrogen) atoms. The molecule has 0 aromatic carbocycles. The molecular weight excluding hydrogens is 326 g/mol. The van der Waals surface area contributed by atoms with Gasteiger partial charge >= 0.3 is 0 Å². The quantitative estimate of drug-likeness (QED) is 0.825. The summed E-state index contributed by atoms with van der Waals surface area (Å²) in [6.45, 7) is 10.8. The van der Waals surface area contributed by atoms with Crippen LogP contribution in [0.4, 0.5) is 5.82 Å². The van der Waals surface area contributed by atoms with Gasteiger partial charge in [0.15, 0.2) is 0 Å². The molecule has 0 unspecified atom stereocenters. The van der Waals surface area contributed by atoms with Gasteiger partial charge in [-0.05, 0) is 40.2 Å². The van der Waals surface area contributed by atoms with Crippen molar-refractivity contribution in [1.29, 1.82) is 0 Å². The topological polar surface area (TPSA) is 52.6 Å². The fourth-order valence-electron chi connectivity index (χ4n) is 4.38. The second-order valence-electron chi connectivity index (χ2n) is 7.81. The Hall–Kier alpha value is -1.69. The van der Waals surface area contributed by atoms with Gasteiger partial charge in [0.2, 0.25) is 5.91 Å². The number of likely N-dealkylation sites (N-methyl/N-ethyl adjacent to an activating group) is 1. The van der Waals surface area contributed by atoms with Gasteiger partial charge in [0.1, 0.15) is 11.6 Å². The van der Waals surface area contributed by atoms with Gasteiger partial charge in [-0.15, -0.1) is 0 Å². The molecule has 0 saturated carbocycles. The van der Waals surface area contributed by atoms with Crippen molar-refractivity contribution in [2.24, 2.45) is 0 Å². The SMILES string of the molecule is CCCc1cc(N2CCN(C)[C@]3(CCC(=O)N(CC)CC3)C2)nc(C)n1. The van der Waals surface area contributed by atoms with E-state index >= 15 is 0 Å². The Morgan fingerprint density at radius 2 is 1.96 bits per heavy atom. The summed E-state index contributed by atoms with van der Waals surface area (Å²) < 4.78 is 0. The van der Waals surface area contributed by atoms with Gasteiger partial charge in [-0.1, -0.05) is 13.3 Å². The standard InChI is InChI=1S/C20H33N5O/c1-5-7-17-14-18(22-16(3)21-17)25-13-12-23(4)20(15-25)9-8-19(26)24(6-2)11-10-20/h14H,5-13,15H2,1-4H3/t20-/m0/s1. The molecule has 1 atom stereocenters. The van der Waals surface area contributed by atoms with E-state index in [9.17, 15) is 4.79 Å². The maximum atomic E-state index is 12.4. The van der Waals surface area contributed by atoms with Crippen LogP contribution in [-0.2, 0) is 11.2 Å². The van der Waals surface area contributed by atoms with E-state index in [1.54, 1.807) is 0 Å². The van der Waals surface area contributed by atoms with Crippen LogP contribution in [0, 0.1) is 6.92 Å². The van der Waals surface area contributed by atoms with Gasteiger partial charge in [-0.2, -0.15) is 0 Å². The van der Waals surface area contributed by atoms with E-state index in [1.165, 1.54) is 0 Å². The number of aromatic nitrogens is 2. The van der Waals surface area contributed by atoms with Crippen LogP contribution in [0.1, 0.15) is 51.0 Å². The Balaban J connectivity index is 1.83. The number of piperazine rings is 1. The van der Waals surface area contributed by atoms with Crippen molar-refractivity contribution in [3.8, 4) is 0 Å². The number of amides is 1. The summed E-state index contributed by atoms with van der Waals surface area (Å²) in [6, 6.07) is 2.16. The van der Waals surface area contributed by atoms with Gasteiger partial charge in [-0.3, -0.25) is 9.69 Å². The molecule has 1 aromatic rings. The first kappa shape index (κ1) is 19.1. The zero-order valence-electron chi connectivity index (χ0n) is 16.8. The average Bonchev–Trinajstić information content (AvgIpc) is 2.77. The van der Waals surface area contributed by atoms with Crippen LogP contribution in [0.25, 0.3) is 0 Å². The minimum absolute atomic E-state index is 0.0571. The lowest BCUT2D eigenvalue weighted by Crippen LogP contribution is -2.61. The molecule has 1 spiro atoms. The Bertz CT molecular complexity index is 649. The first-order valence-corrected chi connectivity index (χ1v) is 10.1. The second kappa shape index (κ2) is 7.91. The predicted molar refractivity (Wildman–Crippen MR) is 104 cm³/mol. The highest BCUT2D eigenvalue weighted by Crippen LogP contribution is 2.33. The van der Waals surface area contributed by atoms with E-state index in [-0.39, 0.29) is 5.54 Å². The number of nitrogens with zero attached hydrogens (tertiary/aromatic N) is 5. The summed E-state index contributed by atoms with van der Waals surface area (Å²) in [5, 5.41) is 0. The molecule has 2 aliphatic rings. The minimum atomic E-state index is 0.0571. The van der Waals surface area contributed by atoms with Crippen molar-refractivity contribution in [1.82, 2.24) is 19.8 Å². The van der Waals surface area contributed by atoms with E-state index in [1.807, 2.05) is 11.8 Å². The molecule has 6 heteroatoms. The molecule has 0 bridgehead atoms. The Kier molecular flexibility index (Phi) is 5.80. The highest BCUT2D eigenvalue weighted by Gasteiger charge is 2.42. The molecule has 2 aliphatic heterocycles. The third kappa shape index (κ3) is 3.85. The van der Waals surface area contributed by atoms with Crippen molar-refractivity contribution < 1.29 is 4.79 Å². The molecule has 2 saturated heterocycles. The lowest BCUT2D eigenvalue weighted by Gasteiger charge is -2.49. The van der Waals surface area contributed by atoms with E-state index in [4.69, 9.17) is 4.98 Å². The smallest absolute Gasteiger partial charge is 0.222 e. The number of likely N-dealkylation sites (tertiary alicyclic amines) is 1.